The first-order chi connectivity index (χ1) is 7.72. The Labute approximate surface area is 90.9 Å². The van der Waals surface area contributed by atoms with Gasteiger partial charge < -0.3 is 10.7 Å². The summed E-state index contributed by atoms with van der Waals surface area (Å²) in [5.41, 5.74) is 8.83. The summed E-state index contributed by atoms with van der Waals surface area (Å²) in [4.78, 5) is 11.8. The molecule has 0 aliphatic rings. The van der Waals surface area contributed by atoms with Crippen molar-refractivity contribution < 1.29 is 0 Å². The number of anilines is 1. The normalized spacial score (nSPS) is 11.1. The van der Waals surface area contributed by atoms with Gasteiger partial charge in [-0.3, -0.25) is 5.10 Å². The van der Waals surface area contributed by atoms with Crippen molar-refractivity contribution in [3.05, 3.63) is 23.9 Å². The van der Waals surface area contributed by atoms with E-state index in [0.29, 0.717) is 17.3 Å². The van der Waals surface area contributed by atoms with Crippen LogP contribution in [0.25, 0.3) is 22.7 Å². The lowest BCUT2D eigenvalue weighted by Gasteiger charge is -1.88. The van der Waals surface area contributed by atoms with Crippen LogP contribution in [0.15, 0.2) is 18.2 Å². The molecule has 6 heteroatoms. The number of rotatable bonds is 1. The lowest BCUT2D eigenvalue weighted by molar-refractivity contribution is 1.09. The van der Waals surface area contributed by atoms with Crippen LogP contribution in [0.4, 0.5) is 5.82 Å². The van der Waals surface area contributed by atoms with E-state index in [1.807, 2.05) is 19.1 Å². The van der Waals surface area contributed by atoms with Crippen LogP contribution in [0, 0.1) is 6.92 Å². The molecule has 80 valence electrons. The minimum atomic E-state index is 0.444. The Bertz CT molecular complexity index is 650. The predicted molar refractivity (Wildman–Crippen MR) is 60.6 cm³/mol. The third-order valence-corrected chi connectivity index (χ3v) is 2.34. The predicted octanol–water partition coefficient (Wildman–Crippen LogP) is 1.24. The van der Waals surface area contributed by atoms with Gasteiger partial charge in [0.25, 0.3) is 0 Å². The molecule has 0 unspecified atom stereocenters. The number of aromatic amines is 2. The van der Waals surface area contributed by atoms with Gasteiger partial charge in [-0.25, -0.2) is 9.97 Å². The second-order valence-corrected chi connectivity index (χ2v) is 3.62. The monoisotopic (exact) mass is 214 g/mol. The zero-order valence-electron chi connectivity index (χ0n) is 8.65. The summed E-state index contributed by atoms with van der Waals surface area (Å²) in [7, 11) is 0. The quantitative estimate of drug-likeness (QED) is 0.567. The molecular weight excluding hydrogens is 204 g/mol. The average molecular weight is 214 g/mol. The highest BCUT2D eigenvalue weighted by atomic mass is 15.2. The van der Waals surface area contributed by atoms with Gasteiger partial charge in [-0.1, -0.05) is 0 Å². The van der Waals surface area contributed by atoms with Gasteiger partial charge >= 0.3 is 0 Å². The van der Waals surface area contributed by atoms with Gasteiger partial charge in [0, 0.05) is 11.8 Å². The van der Waals surface area contributed by atoms with Crippen molar-refractivity contribution >= 4 is 17.0 Å². The molecule has 0 fully saturated rings. The fourth-order valence-corrected chi connectivity index (χ4v) is 1.57. The van der Waals surface area contributed by atoms with Crippen LogP contribution in [0.1, 0.15) is 5.69 Å². The van der Waals surface area contributed by atoms with E-state index in [1.54, 1.807) is 6.07 Å². The van der Waals surface area contributed by atoms with Crippen LogP contribution >= 0.6 is 0 Å². The summed E-state index contributed by atoms with van der Waals surface area (Å²) in [6.45, 7) is 1.93. The smallest absolute Gasteiger partial charge is 0.178 e. The number of fused-ring (bicyclic) bond motifs is 1. The maximum atomic E-state index is 5.53. The van der Waals surface area contributed by atoms with E-state index >= 15 is 0 Å². The summed E-state index contributed by atoms with van der Waals surface area (Å²) >= 11 is 0. The van der Waals surface area contributed by atoms with Gasteiger partial charge in [-0.15, -0.1) is 0 Å². The Morgan fingerprint density at radius 1 is 1.25 bits per heavy atom. The third kappa shape index (κ3) is 1.31. The molecule has 0 aliphatic carbocycles. The zero-order valence-corrected chi connectivity index (χ0v) is 8.65. The van der Waals surface area contributed by atoms with E-state index in [9.17, 15) is 0 Å². The van der Waals surface area contributed by atoms with Crippen LogP contribution in [0.5, 0.6) is 0 Å². The van der Waals surface area contributed by atoms with Crippen molar-refractivity contribution in [3.8, 4) is 11.5 Å². The molecule has 3 aromatic heterocycles. The Kier molecular flexibility index (Phi) is 1.70. The molecule has 0 bridgehead atoms. The van der Waals surface area contributed by atoms with Crippen molar-refractivity contribution in [2.75, 3.05) is 5.73 Å². The number of aryl methyl sites for hydroxylation is 1. The first kappa shape index (κ1) is 8.90. The maximum Gasteiger partial charge on any atom is 0.178 e. The zero-order chi connectivity index (χ0) is 11.1. The topological polar surface area (TPSA) is 96.3 Å². The lowest BCUT2D eigenvalue weighted by Crippen LogP contribution is -1.81. The molecule has 0 saturated carbocycles. The summed E-state index contributed by atoms with van der Waals surface area (Å²) < 4.78 is 0. The molecule has 0 aromatic carbocycles. The first-order valence-corrected chi connectivity index (χ1v) is 4.87. The molecule has 0 spiro atoms. The Balaban J connectivity index is 2.18. The number of aromatic nitrogens is 5. The van der Waals surface area contributed by atoms with Gasteiger partial charge in [0.05, 0.1) is 5.52 Å². The number of hydrogen-bond acceptors (Lipinski definition) is 4. The second kappa shape index (κ2) is 3.06. The van der Waals surface area contributed by atoms with Crippen molar-refractivity contribution in [1.29, 1.82) is 0 Å². The summed E-state index contributed by atoms with van der Waals surface area (Å²) in [6, 6.07) is 5.62. The van der Waals surface area contributed by atoms with Crippen LogP contribution in [-0.2, 0) is 0 Å². The number of nitrogens with one attached hydrogen (secondary N) is 2. The highest BCUT2D eigenvalue weighted by molar-refractivity contribution is 5.75. The molecule has 0 radical (unpaired) electrons. The fraction of sp³-hybridized carbons (Fsp3) is 0.100. The molecule has 3 aromatic rings. The minimum absolute atomic E-state index is 0.444. The number of nitrogens with two attached hydrogens (primary N) is 1. The number of hydrogen-bond donors (Lipinski definition) is 3. The van der Waals surface area contributed by atoms with Gasteiger partial charge in [0.2, 0.25) is 0 Å². The van der Waals surface area contributed by atoms with E-state index in [-0.39, 0.29) is 0 Å². The first-order valence-electron chi connectivity index (χ1n) is 4.87. The Hall–Kier alpha value is -2.37. The van der Waals surface area contributed by atoms with E-state index < -0.39 is 0 Å². The standard InChI is InChI=1S/C10H10N6/c1-5-2-3-6-9(12-5)14-10(13-6)7-4-8(11)16-15-7/h2-4H,1H3,(H3,11,15,16)(H,12,13,14). The van der Waals surface area contributed by atoms with Crippen LogP contribution in [0.3, 0.4) is 0 Å². The van der Waals surface area contributed by atoms with Crippen molar-refractivity contribution in [2.45, 2.75) is 6.92 Å². The number of nitrogens with zero attached hydrogens (tertiary/aromatic N) is 3. The number of nitrogen functional groups attached to an aromatic ring is 1. The van der Waals surface area contributed by atoms with Gasteiger partial charge in [0.1, 0.15) is 11.5 Å². The van der Waals surface area contributed by atoms with Crippen LogP contribution in [-0.4, -0.2) is 25.1 Å². The van der Waals surface area contributed by atoms with Gasteiger partial charge in [0.15, 0.2) is 11.5 Å². The molecule has 0 atom stereocenters. The largest absolute Gasteiger partial charge is 0.382 e. The van der Waals surface area contributed by atoms with E-state index in [1.165, 1.54) is 0 Å². The van der Waals surface area contributed by atoms with Crippen molar-refractivity contribution in [1.82, 2.24) is 25.1 Å². The number of H-pyrrole nitrogens is 2. The highest BCUT2D eigenvalue weighted by Crippen LogP contribution is 2.18. The number of pyridine rings is 1. The maximum absolute atomic E-state index is 5.53. The molecule has 6 nitrogen and oxygen atoms in total. The summed E-state index contributed by atoms with van der Waals surface area (Å²) in [5.74, 6) is 1.14. The molecule has 0 amide bonds. The summed E-state index contributed by atoms with van der Waals surface area (Å²) in [6.07, 6.45) is 0. The van der Waals surface area contributed by atoms with Crippen molar-refractivity contribution in [2.24, 2.45) is 0 Å². The molecule has 4 N–H and O–H groups in total. The SMILES string of the molecule is Cc1ccc2[nH]c(-c3cc(N)n[nH]3)nc2n1. The van der Waals surface area contributed by atoms with Crippen LogP contribution in [0.2, 0.25) is 0 Å². The van der Waals surface area contributed by atoms with Crippen LogP contribution < -0.4 is 5.73 Å². The van der Waals surface area contributed by atoms with E-state index in [2.05, 4.69) is 25.1 Å². The Morgan fingerprint density at radius 2 is 2.12 bits per heavy atom. The molecule has 0 aliphatic heterocycles. The van der Waals surface area contributed by atoms with Gasteiger partial charge in [-0.2, -0.15) is 5.10 Å². The third-order valence-electron chi connectivity index (χ3n) is 2.34. The molecule has 16 heavy (non-hydrogen) atoms. The fourth-order valence-electron chi connectivity index (χ4n) is 1.57. The average Bonchev–Trinajstić information content (AvgIpc) is 2.83. The lowest BCUT2D eigenvalue weighted by atomic mass is 10.3. The molecule has 3 rings (SSSR count). The van der Waals surface area contributed by atoms with E-state index in [0.717, 1.165) is 16.9 Å². The number of imidazole rings is 1. The van der Waals surface area contributed by atoms with Gasteiger partial charge in [-0.05, 0) is 19.1 Å². The second-order valence-electron chi connectivity index (χ2n) is 3.62. The van der Waals surface area contributed by atoms with E-state index in [4.69, 9.17) is 5.73 Å². The summed E-state index contributed by atoms with van der Waals surface area (Å²) in [5, 5.41) is 6.65. The molecule has 0 saturated heterocycles. The highest BCUT2D eigenvalue weighted by Gasteiger charge is 2.08. The Morgan fingerprint density at radius 3 is 2.88 bits per heavy atom. The molecular formula is C10H10N6. The van der Waals surface area contributed by atoms with Crippen molar-refractivity contribution in [3.63, 3.8) is 0 Å². The minimum Gasteiger partial charge on any atom is -0.382 e. The molecule has 3 heterocycles.